The van der Waals surface area contributed by atoms with Gasteiger partial charge in [-0.05, 0) is 52.7 Å². The smallest absolute Gasteiger partial charge is 0.271 e. The first-order valence-corrected chi connectivity index (χ1v) is 8.34. The lowest BCUT2D eigenvalue weighted by atomic mass is 10.2. The van der Waals surface area contributed by atoms with Crippen molar-refractivity contribution < 1.29 is 9.59 Å². The molecule has 8 heteroatoms. The molecule has 0 fully saturated rings. The van der Waals surface area contributed by atoms with Crippen LogP contribution in [-0.4, -0.2) is 23.3 Å². The average molecular weight is 413 g/mol. The zero-order valence-electron chi connectivity index (χ0n) is 12.6. The van der Waals surface area contributed by atoms with Gasteiger partial charge in [0.15, 0.2) is 0 Å². The van der Waals surface area contributed by atoms with E-state index in [1.807, 2.05) is 0 Å². The van der Waals surface area contributed by atoms with E-state index in [-0.39, 0.29) is 29.5 Å². The minimum absolute atomic E-state index is 0.180. The molecule has 2 aromatic rings. The maximum absolute atomic E-state index is 11.9. The minimum Gasteiger partial charge on any atom is -0.352 e. The third-order valence-electron chi connectivity index (χ3n) is 3.11. The van der Waals surface area contributed by atoms with Gasteiger partial charge in [-0.3, -0.25) is 14.4 Å². The molecule has 1 heterocycles. The first-order chi connectivity index (χ1) is 11.5. The first-order valence-electron chi connectivity index (χ1n) is 7.17. The number of aromatic nitrogens is 1. The second-order valence-corrected chi connectivity index (χ2v) is 6.33. The van der Waals surface area contributed by atoms with Crippen LogP contribution in [-0.2, 0) is 4.79 Å². The molecular weight excluding hydrogens is 398 g/mol. The van der Waals surface area contributed by atoms with Crippen LogP contribution in [0.25, 0.3) is 0 Å². The fraction of sp³-hybridized carbons (Fsp3) is 0.188. The minimum atomic E-state index is -0.373. The molecule has 0 spiro atoms. The van der Waals surface area contributed by atoms with Crippen molar-refractivity contribution in [3.05, 3.63) is 61.9 Å². The summed E-state index contributed by atoms with van der Waals surface area (Å²) in [6.07, 6.45) is 2.13. The largest absolute Gasteiger partial charge is 0.352 e. The number of nitrogens with one attached hydrogen (secondary N) is 3. The molecule has 24 heavy (non-hydrogen) atoms. The Morgan fingerprint density at radius 3 is 2.62 bits per heavy atom. The number of benzene rings is 1. The van der Waals surface area contributed by atoms with E-state index in [1.54, 1.807) is 24.3 Å². The van der Waals surface area contributed by atoms with E-state index in [0.717, 1.165) is 0 Å². The van der Waals surface area contributed by atoms with Gasteiger partial charge in [0.05, 0.1) is 0 Å². The van der Waals surface area contributed by atoms with Crippen LogP contribution in [0.4, 0.5) is 5.69 Å². The summed E-state index contributed by atoms with van der Waals surface area (Å²) in [6.45, 7) is 0.351. The Morgan fingerprint density at radius 2 is 1.92 bits per heavy atom. The van der Waals surface area contributed by atoms with Gasteiger partial charge in [-0.25, -0.2) is 0 Å². The Morgan fingerprint density at radius 1 is 1.21 bits per heavy atom. The van der Waals surface area contributed by atoms with Crippen LogP contribution in [0.5, 0.6) is 0 Å². The lowest BCUT2D eigenvalue weighted by Gasteiger charge is -2.06. The van der Waals surface area contributed by atoms with Gasteiger partial charge in [0, 0.05) is 34.2 Å². The number of anilines is 1. The van der Waals surface area contributed by atoms with E-state index in [2.05, 4.69) is 31.5 Å². The SMILES string of the molecule is O=C(CCCNC(=O)c1ccc(Cl)cc1)Nc1cc(Br)c[nH]c1=O. The summed E-state index contributed by atoms with van der Waals surface area (Å²) in [5, 5.41) is 5.82. The van der Waals surface area contributed by atoms with Crippen LogP contribution < -0.4 is 16.2 Å². The molecule has 126 valence electrons. The lowest BCUT2D eigenvalue weighted by Crippen LogP contribution is -2.26. The van der Waals surface area contributed by atoms with Crippen molar-refractivity contribution >= 4 is 45.0 Å². The van der Waals surface area contributed by atoms with E-state index in [4.69, 9.17) is 11.6 Å². The quantitative estimate of drug-likeness (QED) is 0.637. The second kappa shape index (κ2) is 8.65. The van der Waals surface area contributed by atoms with E-state index >= 15 is 0 Å². The lowest BCUT2D eigenvalue weighted by molar-refractivity contribution is -0.116. The first kappa shape index (κ1) is 18.2. The molecule has 0 aliphatic carbocycles. The highest BCUT2D eigenvalue weighted by Gasteiger charge is 2.08. The summed E-state index contributed by atoms with van der Waals surface area (Å²) in [5.74, 6) is -0.519. The molecule has 1 aromatic carbocycles. The predicted octanol–water partition coefficient (Wildman–Crippen LogP) is 2.94. The van der Waals surface area contributed by atoms with Crippen LogP contribution >= 0.6 is 27.5 Å². The molecule has 0 saturated heterocycles. The Labute approximate surface area is 151 Å². The van der Waals surface area contributed by atoms with Crippen LogP contribution in [0.2, 0.25) is 5.02 Å². The average Bonchev–Trinajstić information content (AvgIpc) is 2.55. The van der Waals surface area contributed by atoms with Crippen molar-refractivity contribution in [3.63, 3.8) is 0 Å². The zero-order chi connectivity index (χ0) is 17.5. The maximum Gasteiger partial charge on any atom is 0.271 e. The van der Waals surface area contributed by atoms with Crippen molar-refractivity contribution in [2.75, 3.05) is 11.9 Å². The molecule has 0 bridgehead atoms. The van der Waals surface area contributed by atoms with Gasteiger partial charge in [-0.1, -0.05) is 11.6 Å². The number of pyridine rings is 1. The van der Waals surface area contributed by atoms with Crippen LogP contribution in [0.1, 0.15) is 23.2 Å². The summed E-state index contributed by atoms with van der Waals surface area (Å²) in [6, 6.07) is 8.06. The molecule has 0 aliphatic rings. The van der Waals surface area contributed by atoms with Gasteiger partial charge >= 0.3 is 0 Å². The second-order valence-electron chi connectivity index (χ2n) is 4.98. The molecule has 3 N–H and O–H groups in total. The van der Waals surface area contributed by atoms with E-state index in [0.29, 0.717) is 28.0 Å². The fourth-order valence-electron chi connectivity index (χ4n) is 1.92. The number of amides is 2. The Bertz CT molecular complexity index is 790. The number of hydrogen-bond donors (Lipinski definition) is 3. The number of hydrogen-bond acceptors (Lipinski definition) is 3. The number of halogens is 2. The predicted molar refractivity (Wildman–Crippen MR) is 96.4 cm³/mol. The van der Waals surface area contributed by atoms with Gasteiger partial charge in [-0.2, -0.15) is 0 Å². The summed E-state index contributed by atoms with van der Waals surface area (Å²) in [7, 11) is 0. The van der Waals surface area contributed by atoms with Gasteiger partial charge in [0.1, 0.15) is 5.69 Å². The number of H-pyrrole nitrogens is 1. The summed E-state index contributed by atoms with van der Waals surface area (Å²) < 4.78 is 0.660. The summed E-state index contributed by atoms with van der Waals surface area (Å²) >= 11 is 8.98. The van der Waals surface area contributed by atoms with Gasteiger partial charge in [-0.15, -0.1) is 0 Å². The molecule has 6 nitrogen and oxygen atoms in total. The zero-order valence-corrected chi connectivity index (χ0v) is 14.9. The van der Waals surface area contributed by atoms with Gasteiger partial charge in [0.2, 0.25) is 5.91 Å². The number of carbonyl (C=O) groups excluding carboxylic acids is 2. The monoisotopic (exact) mass is 411 g/mol. The standard InChI is InChI=1S/C16H15BrClN3O3/c17-11-8-13(16(24)20-9-11)21-14(22)2-1-7-19-15(23)10-3-5-12(18)6-4-10/h3-6,8-9H,1-2,7H2,(H,19,23)(H,20,24)(H,21,22). The fourth-order valence-corrected chi connectivity index (χ4v) is 2.39. The maximum atomic E-state index is 11.9. The van der Waals surface area contributed by atoms with Crippen molar-refractivity contribution in [1.82, 2.24) is 10.3 Å². The van der Waals surface area contributed by atoms with Crippen molar-refractivity contribution in [2.45, 2.75) is 12.8 Å². The number of aromatic amines is 1. The van der Waals surface area contributed by atoms with Crippen molar-refractivity contribution in [3.8, 4) is 0 Å². The Kier molecular flexibility index (Phi) is 6.57. The molecular formula is C16H15BrClN3O3. The number of rotatable bonds is 6. The third kappa shape index (κ3) is 5.50. The van der Waals surface area contributed by atoms with E-state index in [1.165, 1.54) is 12.3 Å². The Hall–Kier alpha value is -2.12. The third-order valence-corrected chi connectivity index (χ3v) is 3.82. The van der Waals surface area contributed by atoms with E-state index in [9.17, 15) is 14.4 Å². The Balaban J connectivity index is 1.74. The van der Waals surface area contributed by atoms with Crippen molar-refractivity contribution in [1.29, 1.82) is 0 Å². The highest BCUT2D eigenvalue weighted by molar-refractivity contribution is 9.10. The summed E-state index contributed by atoms with van der Waals surface area (Å²) in [4.78, 5) is 37.7. The van der Waals surface area contributed by atoms with Gasteiger partial charge in [0.25, 0.3) is 11.5 Å². The topological polar surface area (TPSA) is 91.1 Å². The van der Waals surface area contributed by atoms with Crippen molar-refractivity contribution in [2.24, 2.45) is 0 Å². The van der Waals surface area contributed by atoms with Crippen LogP contribution in [0.15, 0.2) is 45.8 Å². The highest BCUT2D eigenvalue weighted by atomic mass is 79.9. The molecule has 1 aromatic heterocycles. The molecule has 0 saturated carbocycles. The molecule has 2 rings (SSSR count). The molecule has 0 aliphatic heterocycles. The van der Waals surface area contributed by atoms with Crippen LogP contribution in [0.3, 0.4) is 0 Å². The molecule has 2 amide bonds. The molecule has 0 radical (unpaired) electrons. The molecule has 0 unspecified atom stereocenters. The van der Waals surface area contributed by atoms with E-state index < -0.39 is 0 Å². The number of carbonyl (C=O) groups is 2. The highest BCUT2D eigenvalue weighted by Crippen LogP contribution is 2.11. The normalized spacial score (nSPS) is 10.2. The molecule has 0 atom stereocenters. The van der Waals surface area contributed by atoms with Crippen LogP contribution in [0, 0.1) is 0 Å². The summed E-state index contributed by atoms with van der Waals surface area (Å²) in [5.41, 5.74) is 0.312. The van der Waals surface area contributed by atoms with Gasteiger partial charge < -0.3 is 15.6 Å².